The van der Waals surface area contributed by atoms with Gasteiger partial charge in [-0.1, -0.05) is 35.4 Å². The van der Waals surface area contributed by atoms with Gasteiger partial charge in [0.25, 0.3) is 0 Å². The maximum absolute atomic E-state index is 5.71. The first kappa shape index (κ1) is 14.5. The third-order valence-electron chi connectivity index (χ3n) is 4.06. The van der Waals surface area contributed by atoms with Crippen LogP contribution in [0.1, 0.15) is 16.7 Å². The lowest BCUT2D eigenvalue weighted by atomic mass is 10.1. The molecular formula is C19H17N3O2. The number of aromatic nitrogens is 2. The average Bonchev–Trinajstić information content (AvgIpc) is 3.29. The summed E-state index contributed by atoms with van der Waals surface area (Å²) in [6, 6.07) is 14.5. The van der Waals surface area contributed by atoms with E-state index in [1.54, 1.807) is 7.11 Å². The minimum atomic E-state index is 0.414. The Morgan fingerprint density at radius 2 is 2.00 bits per heavy atom. The third-order valence-corrected chi connectivity index (χ3v) is 4.06. The largest absolute Gasteiger partial charge is 0.497 e. The molecule has 1 aliphatic rings. The van der Waals surface area contributed by atoms with Gasteiger partial charge in [-0.05, 0) is 47.4 Å². The summed E-state index contributed by atoms with van der Waals surface area (Å²) in [5.74, 6) is 1.36. The zero-order valence-corrected chi connectivity index (χ0v) is 13.3. The highest BCUT2D eigenvalue weighted by Crippen LogP contribution is 2.27. The van der Waals surface area contributed by atoms with Crippen molar-refractivity contribution < 1.29 is 9.15 Å². The molecule has 4 rings (SSSR count). The molecule has 120 valence electrons. The molecule has 1 aromatic heterocycles. The summed E-state index contributed by atoms with van der Waals surface area (Å²) < 4.78 is 10.9. The number of hydrogen-bond donors (Lipinski definition) is 1. The van der Waals surface area contributed by atoms with Crippen LogP contribution in [0.2, 0.25) is 0 Å². The second-order valence-electron chi connectivity index (χ2n) is 5.63. The second-order valence-corrected chi connectivity index (χ2v) is 5.63. The molecule has 3 aromatic rings. The number of anilines is 1. The highest BCUT2D eigenvalue weighted by Gasteiger charge is 2.12. The zero-order valence-electron chi connectivity index (χ0n) is 13.3. The summed E-state index contributed by atoms with van der Waals surface area (Å²) in [6.07, 6.45) is 5.27. The topological polar surface area (TPSA) is 60.2 Å². The summed E-state index contributed by atoms with van der Waals surface area (Å²) in [6.45, 7) is 0.610. The number of ether oxygens (including phenoxy) is 1. The molecule has 5 nitrogen and oxygen atoms in total. The Morgan fingerprint density at radius 1 is 1.12 bits per heavy atom. The molecule has 1 heterocycles. The Balaban J connectivity index is 1.45. The summed E-state index contributed by atoms with van der Waals surface area (Å²) >= 11 is 0. The van der Waals surface area contributed by atoms with Gasteiger partial charge in [0.05, 0.1) is 7.11 Å². The molecule has 0 spiro atoms. The molecule has 1 N–H and O–H groups in total. The van der Waals surface area contributed by atoms with E-state index in [2.05, 4.69) is 39.8 Å². The number of hydrogen-bond acceptors (Lipinski definition) is 5. The van der Waals surface area contributed by atoms with Crippen LogP contribution in [0.5, 0.6) is 5.75 Å². The first-order valence-electron chi connectivity index (χ1n) is 7.82. The van der Waals surface area contributed by atoms with Gasteiger partial charge in [-0.15, -0.1) is 5.10 Å². The molecule has 0 radical (unpaired) electrons. The molecule has 5 heteroatoms. The van der Waals surface area contributed by atoms with Crippen molar-refractivity contribution in [2.24, 2.45) is 0 Å². The van der Waals surface area contributed by atoms with E-state index in [0.717, 1.165) is 23.3 Å². The minimum Gasteiger partial charge on any atom is -0.497 e. The molecule has 1 aliphatic carbocycles. The fourth-order valence-corrected chi connectivity index (χ4v) is 2.71. The van der Waals surface area contributed by atoms with Crippen molar-refractivity contribution in [2.45, 2.75) is 13.0 Å². The first-order valence-corrected chi connectivity index (χ1v) is 7.82. The summed E-state index contributed by atoms with van der Waals surface area (Å²) in [5.41, 5.74) is 4.60. The SMILES string of the molecule is COc1ccc(CNc2nnc(-c3ccc4c(c3)C=CC4)o2)cc1. The van der Waals surface area contributed by atoms with Crippen LogP contribution < -0.4 is 10.1 Å². The Labute approximate surface area is 140 Å². The van der Waals surface area contributed by atoms with E-state index in [1.807, 2.05) is 30.3 Å². The van der Waals surface area contributed by atoms with E-state index >= 15 is 0 Å². The number of nitrogens with one attached hydrogen (secondary N) is 1. The van der Waals surface area contributed by atoms with Crippen molar-refractivity contribution >= 4 is 12.1 Å². The van der Waals surface area contributed by atoms with Crippen molar-refractivity contribution in [1.82, 2.24) is 10.2 Å². The smallest absolute Gasteiger partial charge is 0.316 e. The van der Waals surface area contributed by atoms with Gasteiger partial charge >= 0.3 is 6.01 Å². The fraction of sp³-hybridized carbons (Fsp3) is 0.158. The molecule has 0 amide bonds. The van der Waals surface area contributed by atoms with Crippen LogP contribution in [0.25, 0.3) is 17.5 Å². The molecule has 0 atom stereocenters. The summed E-state index contributed by atoms with van der Waals surface area (Å²) in [7, 11) is 1.65. The zero-order chi connectivity index (χ0) is 16.4. The van der Waals surface area contributed by atoms with Crippen LogP contribution in [0.3, 0.4) is 0 Å². The van der Waals surface area contributed by atoms with Crippen molar-refractivity contribution in [3.63, 3.8) is 0 Å². The van der Waals surface area contributed by atoms with Crippen molar-refractivity contribution in [1.29, 1.82) is 0 Å². The van der Waals surface area contributed by atoms with E-state index in [9.17, 15) is 0 Å². The van der Waals surface area contributed by atoms with Gasteiger partial charge in [-0.3, -0.25) is 0 Å². The van der Waals surface area contributed by atoms with Crippen molar-refractivity contribution in [2.75, 3.05) is 12.4 Å². The van der Waals surface area contributed by atoms with Gasteiger partial charge in [0.2, 0.25) is 5.89 Å². The van der Waals surface area contributed by atoms with Gasteiger partial charge in [-0.2, -0.15) is 0 Å². The number of fused-ring (bicyclic) bond motifs is 1. The molecule has 0 bridgehead atoms. The molecule has 0 fully saturated rings. The third kappa shape index (κ3) is 2.88. The van der Waals surface area contributed by atoms with Gasteiger partial charge in [0.15, 0.2) is 0 Å². The molecule has 0 unspecified atom stereocenters. The van der Waals surface area contributed by atoms with Crippen LogP contribution in [0.4, 0.5) is 6.01 Å². The molecular weight excluding hydrogens is 302 g/mol. The molecule has 24 heavy (non-hydrogen) atoms. The molecule has 0 saturated carbocycles. The number of benzene rings is 2. The van der Waals surface area contributed by atoms with Gasteiger partial charge < -0.3 is 14.5 Å². The predicted octanol–water partition coefficient (Wildman–Crippen LogP) is 3.93. The van der Waals surface area contributed by atoms with Crippen LogP contribution in [-0.4, -0.2) is 17.3 Å². The predicted molar refractivity (Wildman–Crippen MR) is 92.8 cm³/mol. The minimum absolute atomic E-state index is 0.414. The van der Waals surface area contributed by atoms with E-state index < -0.39 is 0 Å². The lowest BCUT2D eigenvalue weighted by Gasteiger charge is -2.03. The Bertz CT molecular complexity index is 882. The number of methoxy groups -OCH3 is 1. The normalized spacial score (nSPS) is 12.2. The average molecular weight is 319 g/mol. The Hall–Kier alpha value is -3.08. The van der Waals surface area contributed by atoms with Crippen LogP contribution in [0, 0.1) is 0 Å². The van der Waals surface area contributed by atoms with E-state index in [4.69, 9.17) is 9.15 Å². The van der Waals surface area contributed by atoms with E-state index in [-0.39, 0.29) is 0 Å². The standard InChI is InChI=1S/C19H17N3O2/c1-23-17-9-5-13(6-10-17)12-20-19-22-21-18(24-19)16-8-7-14-3-2-4-15(14)11-16/h2,4-11H,3,12H2,1H3,(H,20,22). The van der Waals surface area contributed by atoms with E-state index in [1.165, 1.54) is 11.1 Å². The number of allylic oxidation sites excluding steroid dienone is 1. The second kappa shape index (κ2) is 6.20. The lowest BCUT2D eigenvalue weighted by molar-refractivity contribution is 0.414. The molecule has 0 aliphatic heterocycles. The fourth-order valence-electron chi connectivity index (χ4n) is 2.71. The summed E-state index contributed by atoms with van der Waals surface area (Å²) in [5, 5.41) is 11.3. The Morgan fingerprint density at radius 3 is 2.83 bits per heavy atom. The number of rotatable bonds is 5. The number of nitrogens with zero attached hydrogens (tertiary/aromatic N) is 2. The van der Waals surface area contributed by atoms with Gasteiger partial charge in [0.1, 0.15) is 5.75 Å². The highest BCUT2D eigenvalue weighted by molar-refractivity contribution is 5.67. The van der Waals surface area contributed by atoms with Crippen LogP contribution in [0.15, 0.2) is 53.0 Å². The maximum Gasteiger partial charge on any atom is 0.316 e. The Kier molecular flexibility index (Phi) is 3.75. The van der Waals surface area contributed by atoms with Crippen LogP contribution in [-0.2, 0) is 13.0 Å². The van der Waals surface area contributed by atoms with Crippen molar-refractivity contribution in [3.8, 4) is 17.2 Å². The van der Waals surface area contributed by atoms with Gasteiger partial charge in [0, 0.05) is 12.1 Å². The first-order chi connectivity index (χ1) is 11.8. The molecule has 0 saturated heterocycles. The molecule has 2 aromatic carbocycles. The highest BCUT2D eigenvalue weighted by atomic mass is 16.5. The monoisotopic (exact) mass is 319 g/mol. The van der Waals surface area contributed by atoms with Gasteiger partial charge in [-0.25, -0.2) is 0 Å². The van der Waals surface area contributed by atoms with Crippen molar-refractivity contribution in [3.05, 3.63) is 65.2 Å². The maximum atomic E-state index is 5.71. The van der Waals surface area contributed by atoms with Crippen LogP contribution >= 0.6 is 0 Å². The quantitative estimate of drug-likeness (QED) is 0.772. The summed E-state index contributed by atoms with van der Waals surface area (Å²) in [4.78, 5) is 0. The van der Waals surface area contributed by atoms with E-state index in [0.29, 0.717) is 18.5 Å². The lowest BCUT2D eigenvalue weighted by Crippen LogP contribution is -1.99.